The summed E-state index contributed by atoms with van der Waals surface area (Å²) >= 11 is 0. The molecule has 1 unspecified atom stereocenters. The largest absolute Gasteiger partial charge is 0.394 e. The van der Waals surface area contributed by atoms with E-state index in [2.05, 4.69) is 60.3 Å². The summed E-state index contributed by atoms with van der Waals surface area (Å²) in [5, 5.41) is 13.2. The van der Waals surface area contributed by atoms with Gasteiger partial charge in [0.1, 0.15) is 0 Å². The van der Waals surface area contributed by atoms with Crippen LogP contribution < -0.4 is 15.1 Å². The zero-order valence-corrected chi connectivity index (χ0v) is 13.6. The number of fused-ring (bicyclic) bond motifs is 1. The highest BCUT2D eigenvalue weighted by Gasteiger charge is 2.25. The minimum atomic E-state index is -0.186. The van der Waals surface area contributed by atoms with E-state index in [9.17, 15) is 5.11 Å². The maximum absolute atomic E-state index is 9.69. The molecule has 1 aliphatic rings. The molecule has 1 heterocycles. The van der Waals surface area contributed by atoms with Gasteiger partial charge in [-0.3, -0.25) is 0 Å². The van der Waals surface area contributed by atoms with Crippen LogP contribution in [0.1, 0.15) is 26.7 Å². The van der Waals surface area contributed by atoms with Crippen LogP contribution in [0.3, 0.4) is 0 Å². The lowest BCUT2D eigenvalue weighted by molar-refractivity contribution is 0.167. The van der Waals surface area contributed by atoms with Crippen LogP contribution >= 0.6 is 0 Å². The SMILES string of the molecule is CCCNC(C)(CO)CCN1CCN(C)c2ccccc21. The molecule has 1 aromatic rings. The maximum atomic E-state index is 9.69. The third kappa shape index (κ3) is 3.89. The van der Waals surface area contributed by atoms with Crippen molar-refractivity contribution in [3.63, 3.8) is 0 Å². The number of anilines is 2. The molecule has 2 rings (SSSR count). The number of benzene rings is 1. The highest BCUT2D eigenvalue weighted by molar-refractivity contribution is 5.73. The van der Waals surface area contributed by atoms with E-state index in [1.807, 2.05) is 0 Å². The smallest absolute Gasteiger partial charge is 0.0611 e. The number of hydrogen-bond donors (Lipinski definition) is 2. The summed E-state index contributed by atoms with van der Waals surface area (Å²) in [5.41, 5.74) is 2.42. The summed E-state index contributed by atoms with van der Waals surface area (Å²) in [6, 6.07) is 8.58. The Hall–Kier alpha value is -1.26. The van der Waals surface area contributed by atoms with Crippen LogP contribution in [0.2, 0.25) is 0 Å². The quantitative estimate of drug-likeness (QED) is 0.807. The van der Waals surface area contributed by atoms with Crippen LogP contribution in [-0.2, 0) is 0 Å². The molecule has 1 atom stereocenters. The number of para-hydroxylation sites is 2. The average molecular weight is 291 g/mol. The number of rotatable bonds is 7. The van der Waals surface area contributed by atoms with Gasteiger partial charge in [0, 0.05) is 32.2 Å². The van der Waals surface area contributed by atoms with E-state index in [0.29, 0.717) is 0 Å². The highest BCUT2D eigenvalue weighted by Crippen LogP contribution is 2.32. The molecule has 118 valence electrons. The first-order valence-corrected chi connectivity index (χ1v) is 8.00. The van der Waals surface area contributed by atoms with Crippen molar-refractivity contribution in [3.05, 3.63) is 24.3 Å². The minimum Gasteiger partial charge on any atom is -0.394 e. The van der Waals surface area contributed by atoms with E-state index in [0.717, 1.165) is 39.0 Å². The van der Waals surface area contributed by atoms with Gasteiger partial charge in [0.2, 0.25) is 0 Å². The van der Waals surface area contributed by atoms with Gasteiger partial charge in [0.25, 0.3) is 0 Å². The van der Waals surface area contributed by atoms with Crippen molar-refractivity contribution in [1.82, 2.24) is 5.32 Å². The summed E-state index contributed by atoms with van der Waals surface area (Å²) in [7, 11) is 2.15. The van der Waals surface area contributed by atoms with Crippen molar-refractivity contribution < 1.29 is 5.11 Å². The Labute approximate surface area is 128 Å². The number of nitrogens with one attached hydrogen (secondary N) is 1. The van der Waals surface area contributed by atoms with Crippen LogP contribution in [0, 0.1) is 0 Å². The van der Waals surface area contributed by atoms with Crippen molar-refractivity contribution in [2.24, 2.45) is 0 Å². The lowest BCUT2D eigenvalue weighted by Crippen LogP contribution is -2.49. The average Bonchev–Trinajstić information content (AvgIpc) is 2.53. The van der Waals surface area contributed by atoms with Gasteiger partial charge in [0.05, 0.1) is 18.0 Å². The van der Waals surface area contributed by atoms with Crippen molar-refractivity contribution in [3.8, 4) is 0 Å². The number of aliphatic hydroxyl groups is 1. The third-order valence-electron chi connectivity index (χ3n) is 4.42. The summed E-state index contributed by atoms with van der Waals surface area (Å²) in [6.07, 6.45) is 2.04. The van der Waals surface area contributed by atoms with Gasteiger partial charge in [-0.25, -0.2) is 0 Å². The first-order chi connectivity index (χ1) is 10.1. The molecule has 0 fully saturated rings. The Morgan fingerprint density at radius 3 is 2.62 bits per heavy atom. The Morgan fingerprint density at radius 2 is 1.95 bits per heavy atom. The molecule has 0 spiro atoms. The molecule has 1 aromatic carbocycles. The van der Waals surface area contributed by atoms with E-state index in [1.54, 1.807) is 0 Å². The number of nitrogens with zero attached hydrogens (tertiary/aromatic N) is 2. The second kappa shape index (κ2) is 7.14. The first kappa shape index (κ1) is 16.1. The molecule has 0 bridgehead atoms. The standard InChI is InChI=1S/C17H29N3O/c1-4-10-18-17(2,14-21)9-11-20-13-12-19(3)15-7-5-6-8-16(15)20/h5-8,18,21H,4,9-14H2,1-3H3. The van der Waals surface area contributed by atoms with Crippen LogP contribution in [0.25, 0.3) is 0 Å². The Bertz CT molecular complexity index is 451. The molecule has 4 heteroatoms. The molecule has 0 amide bonds. The van der Waals surface area contributed by atoms with Crippen molar-refractivity contribution in [2.75, 3.05) is 49.6 Å². The molecular formula is C17H29N3O. The molecular weight excluding hydrogens is 262 g/mol. The molecule has 1 aliphatic heterocycles. The zero-order chi connectivity index (χ0) is 15.3. The van der Waals surface area contributed by atoms with Crippen molar-refractivity contribution in [2.45, 2.75) is 32.2 Å². The van der Waals surface area contributed by atoms with Gasteiger partial charge in [-0.2, -0.15) is 0 Å². The number of aliphatic hydroxyl groups excluding tert-OH is 1. The predicted octanol–water partition coefficient (Wildman–Crippen LogP) is 2.08. The number of likely N-dealkylation sites (N-methyl/N-ethyl adjacent to an activating group) is 1. The fraction of sp³-hybridized carbons (Fsp3) is 0.647. The van der Waals surface area contributed by atoms with Gasteiger partial charge in [0.15, 0.2) is 0 Å². The minimum absolute atomic E-state index is 0.183. The lowest BCUT2D eigenvalue weighted by Gasteiger charge is -2.39. The van der Waals surface area contributed by atoms with Gasteiger partial charge in [-0.15, -0.1) is 0 Å². The van der Waals surface area contributed by atoms with Crippen LogP contribution in [0.15, 0.2) is 24.3 Å². The molecule has 2 N–H and O–H groups in total. The molecule has 0 aliphatic carbocycles. The topological polar surface area (TPSA) is 38.7 Å². The van der Waals surface area contributed by atoms with E-state index < -0.39 is 0 Å². The monoisotopic (exact) mass is 291 g/mol. The van der Waals surface area contributed by atoms with Crippen LogP contribution in [-0.4, -0.2) is 50.5 Å². The zero-order valence-electron chi connectivity index (χ0n) is 13.6. The summed E-state index contributed by atoms with van der Waals surface area (Å²) < 4.78 is 0. The Morgan fingerprint density at radius 1 is 1.24 bits per heavy atom. The second-order valence-corrected chi connectivity index (χ2v) is 6.29. The van der Waals surface area contributed by atoms with E-state index >= 15 is 0 Å². The van der Waals surface area contributed by atoms with Gasteiger partial charge < -0.3 is 20.2 Å². The fourth-order valence-electron chi connectivity index (χ4n) is 2.83. The van der Waals surface area contributed by atoms with Crippen LogP contribution in [0.4, 0.5) is 11.4 Å². The molecule has 0 saturated carbocycles. The maximum Gasteiger partial charge on any atom is 0.0611 e. The fourth-order valence-corrected chi connectivity index (χ4v) is 2.83. The first-order valence-electron chi connectivity index (χ1n) is 8.00. The van der Waals surface area contributed by atoms with Crippen molar-refractivity contribution >= 4 is 11.4 Å². The van der Waals surface area contributed by atoms with Gasteiger partial charge in [-0.05, 0) is 38.4 Å². The van der Waals surface area contributed by atoms with Crippen molar-refractivity contribution in [1.29, 1.82) is 0 Å². The lowest BCUT2D eigenvalue weighted by atomic mass is 9.98. The molecule has 21 heavy (non-hydrogen) atoms. The van der Waals surface area contributed by atoms with Crippen LogP contribution in [0.5, 0.6) is 0 Å². The molecule has 0 radical (unpaired) electrons. The normalized spacial score (nSPS) is 17.5. The third-order valence-corrected chi connectivity index (χ3v) is 4.42. The van der Waals surface area contributed by atoms with E-state index in [1.165, 1.54) is 11.4 Å². The van der Waals surface area contributed by atoms with Gasteiger partial charge >= 0.3 is 0 Å². The van der Waals surface area contributed by atoms with E-state index in [-0.39, 0.29) is 12.1 Å². The Kier molecular flexibility index (Phi) is 5.48. The van der Waals surface area contributed by atoms with Gasteiger partial charge in [-0.1, -0.05) is 19.1 Å². The highest BCUT2D eigenvalue weighted by atomic mass is 16.3. The van der Waals surface area contributed by atoms with E-state index in [4.69, 9.17) is 0 Å². The second-order valence-electron chi connectivity index (χ2n) is 6.29. The Balaban J connectivity index is 2.02. The molecule has 0 saturated heterocycles. The summed E-state index contributed by atoms with van der Waals surface area (Å²) in [4.78, 5) is 4.75. The predicted molar refractivity (Wildman–Crippen MR) is 90.3 cm³/mol. The molecule has 0 aromatic heterocycles. The number of hydrogen-bond acceptors (Lipinski definition) is 4. The summed E-state index contributed by atoms with van der Waals surface area (Å²) in [5.74, 6) is 0. The summed E-state index contributed by atoms with van der Waals surface area (Å²) in [6.45, 7) is 8.47. The molecule has 4 nitrogen and oxygen atoms in total.